The summed E-state index contributed by atoms with van der Waals surface area (Å²) in [5.74, 6) is 0. The van der Waals surface area contributed by atoms with Gasteiger partial charge in [-0.25, -0.2) is 0 Å². The van der Waals surface area contributed by atoms with Gasteiger partial charge >= 0.3 is 0 Å². The molecule has 1 nitrogen and oxygen atoms in total. The van der Waals surface area contributed by atoms with E-state index in [4.69, 9.17) is 4.74 Å². The number of hydrogen-bond acceptors (Lipinski definition) is 1. The first-order valence-corrected chi connectivity index (χ1v) is 2.51. The molecular formula is C5H10OV. The summed E-state index contributed by atoms with van der Waals surface area (Å²) < 4.78 is 5.15. The fourth-order valence-electron chi connectivity index (χ4n) is 0.739. The zero-order chi connectivity index (χ0) is 4.41. The van der Waals surface area contributed by atoms with Crippen LogP contribution in [0.25, 0.3) is 0 Å². The Balaban J connectivity index is 0.000000360. The van der Waals surface area contributed by atoms with Gasteiger partial charge in [0, 0.05) is 25.2 Å². The van der Waals surface area contributed by atoms with Crippen LogP contribution in [0.3, 0.4) is 0 Å². The van der Waals surface area contributed by atoms with Gasteiger partial charge in [0.2, 0.25) is 0 Å². The molecule has 1 atom stereocenters. The van der Waals surface area contributed by atoms with E-state index < -0.39 is 0 Å². The average molecular weight is 137 g/mol. The summed E-state index contributed by atoms with van der Waals surface area (Å²) in [6, 6.07) is 0. The van der Waals surface area contributed by atoms with Crippen LogP contribution in [0.1, 0.15) is 19.8 Å². The van der Waals surface area contributed by atoms with Crippen LogP contribution in [0.4, 0.5) is 0 Å². The SMILES string of the molecule is CC1CCCO1.[V]. The second kappa shape index (κ2) is 3.53. The van der Waals surface area contributed by atoms with Crippen molar-refractivity contribution in [2.24, 2.45) is 0 Å². The molecule has 0 saturated carbocycles. The summed E-state index contributed by atoms with van der Waals surface area (Å²) >= 11 is 0. The van der Waals surface area contributed by atoms with E-state index in [1.165, 1.54) is 12.8 Å². The zero-order valence-electron chi connectivity index (χ0n) is 4.55. The van der Waals surface area contributed by atoms with Crippen LogP contribution in [0.15, 0.2) is 0 Å². The molecule has 7 heavy (non-hydrogen) atoms. The van der Waals surface area contributed by atoms with E-state index in [-0.39, 0.29) is 18.6 Å². The van der Waals surface area contributed by atoms with Crippen molar-refractivity contribution in [3.63, 3.8) is 0 Å². The maximum absolute atomic E-state index is 5.15. The molecule has 0 aliphatic carbocycles. The number of hydrogen-bond donors (Lipinski definition) is 0. The van der Waals surface area contributed by atoms with Gasteiger partial charge in [0.1, 0.15) is 0 Å². The van der Waals surface area contributed by atoms with Gasteiger partial charge in [-0.1, -0.05) is 0 Å². The minimum Gasteiger partial charge on any atom is -0.379 e. The van der Waals surface area contributed by atoms with Gasteiger partial charge in [0.15, 0.2) is 0 Å². The van der Waals surface area contributed by atoms with Crippen LogP contribution in [0.2, 0.25) is 0 Å². The molecule has 0 spiro atoms. The minimum absolute atomic E-state index is 0. The normalized spacial score (nSPS) is 29.6. The first-order chi connectivity index (χ1) is 2.89. The molecule has 0 amide bonds. The summed E-state index contributed by atoms with van der Waals surface area (Å²) in [6.45, 7) is 3.11. The van der Waals surface area contributed by atoms with E-state index >= 15 is 0 Å². The van der Waals surface area contributed by atoms with Crippen molar-refractivity contribution in [2.45, 2.75) is 25.9 Å². The summed E-state index contributed by atoms with van der Waals surface area (Å²) in [5.41, 5.74) is 0. The second-order valence-corrected chi connectivity index (χ2v) is 1.82. The smallest absolute Gasteiger partial charge is 0.0547 e. The van der Waals surface area contributed by atoms with Gasteiger partial charge in [-0.15, -0.1) is 0 Å². The Labute approximate surface area is 56.3 Å². The molecule has 0 bridgehead atoms. The molecule has 0 aromatic heterocycles. The van der Waals surface area contributed by atoms with Crippen molar-refractivity contribution >= 4 is 0 Å². The van der Waals surface area contributed by atoms with Crippen molar-refractivity contribution in [3.8, 4) is 0 Å². The molecule has 1 rings (SSSR count). The molecule has 41 valence electrons. The Hall–Kier alpha value is 0.544. The van der Waals surface area contributed by atoms with E-state index in [0.29, 0.717) is 6.10 Å². The third-order valence-corrected chi connectivity index (χ3v) is 1.16. The van der Waals surface area contributed by atoms with Crippen molar-refractivity contribution in [1.29, 1.82) is 0 Å². The van der Waals surface area contributed by atoms with E-state index in [2.05, 4.69) is 6.92 Å². The van der Waals surface area contributed by atoms with Gasteiger partial charge in [0.25, 0.3) is 0 Å². The summed E-state index contributed by atoms with van der Waals surface area (Å²) in [4.78, 5) is 0. The third-order valence-electron chi connectivity index (χ3n) is 1.16. The maximum atomic E-state index is 5.15. The van der Waals surface area contributed by atoms with E-state index in [1.807, 2.05) is 0 Å². The average Bonchev–Trinajstić information content (AvgIpc) is 1.86. The van der Waals surface area contributed by atoms with Crippen LogP contribution >= 0.6 is 0 Å². The molecule has 1 heterocycles. The molecule has 1 fully saturated rings. The fraction of sp³-hybridized carbons (Fsp3) is 1.00. The van der Waals surface area contributed by atoms with E-state index in [1.54, 1.807) is 0 Å². The maximum Gasteiger partial charge on any atom is 0.0547 e. The quantitative estimate of drug-likeness (QED) is 0.487. The van der Waals surface area contributed by atoms with Crippen LogP contribution in [0.5, 0.6) is 0 Å². The first-order valence-electron chi connectivity index (χ1n) is 2.51. The van der Waals surface area contributed by atoms with E-state index in [9.17, 15) is 0 Å². The molecular weight excluding hydrogens is 127 g/mol. The summed E-state index contributed by atoms with van der Waals surface area (Å²) in [7, 11) is 0. The Kier molecular flexibility index (Phi) is 3.81. The monoisotopic (exact) mass is 137 g/mol. The van der Waals surface area contributed by atoms with Gasteiger partial charge in [-0.2, -0.15) is 0 Å². The van der Waals surface area contributed by atoms with Crippen molar-refractivity contribution in [1.82, 2.24) is 0 Å². The number of ether oxygens (including phenoxy) is 1. The molecule has 1 unspecified atom stereocenters. The largest absolute Gasteiger partial charge is 0.379 e. The van der Waals surface area contributed by atoms with Gasteiger partial charge in [0.05, 0.1) is 6.10 Å². The van der Waals surface area contributed by atoms with Gasteiger partial charge in [-0.3, -0.25) is 0 Å². The minimum atomic E-state index is 0. The molecule has 0 aromatic carbocycles. The summed E-state index contributed by atoms with van der Waals surface area (Å²) in [5, 5.41) is 0. The first kappa shape index (κ1) is 7.54. The molecule has 1 radical (unpaired) electrons. The van der Waals surface area contributed by atoms with E-state index in [0.717, 1.165) is 6.61 Å². The van der Waals surface area contributed by atoms with Gasteiger partial charge in [-0.05, 0) is 19.8 Å². The van der Waals surface area contributed by atoms with Crippen LogP contribution in [-0.4, -0.2) is 12.7 Å². The molecule has 0 aromatic rings. The molecule has 1 aliphatic heterocycles. The van der Waals surface area contributed by atoms with Crippen molar-refractivity contribution in [2.75, 3.05) is 6.61 Å². The Morgan fingerprint density at radius 3 is 2.43 bits per heavy atom. The van der Waals surface area contributed by atoms with Crippen LogP contribution in [-0.2, 0) is 23.3 Å². The molecule has 1 aliphatic rings. The Morgan fingerprint density at radius 2 is 2.29 bits per heavy atom. The van der Waals surface area contributed by atoms with Crippen molar-refractivity contribution < 1.29 is 23.3 Å². The van der Waals surface area contributed by atoms with Crippen LogP contribution in [0, 0.1) is 0 Å². The summed E-state index contributed by atoms with van der Waals surface area (Å²) in [6.07, 6.45) is 3.08. The molecule has 1 saturated heterocycles. The second-order valence-electron chi connectivity index (χ2n) is 1.82. The zero-order valence-corrected chi connectivity index (χ0v) is 5.95. The molecule has 0 N–H and O–H groups in total. The fourth-order valence-corrected chi connectivity index (χ4v) is 0.739. The van der Waals surface area contributed by atoms with Crippen molar-refractivity contribution in [3.05, 3.63) is 0 Å². The predicted molar refractivity (Wildman–Crippen MR) is 24.6 cm³/mol. The Morgan fingerprint density at radius 1 is 1.57 bits per heavy atom. The van der Waals surface area contributed by atoms with Gasteiger partial charge < -0.3 is 4.74 Å². The Bertz CT molecular complexity index is 41.3. The predicted octanol–water partition coefficient (Wildman–Crippen LogP) is 1.18. The van der Waals surface area contributed by atoms with Crippen LogP contribution < -0.4 is 0 Å². The third kappa shape index (κ3) is 2.37. The standard InChI is InChI=1S/C5H10O.V/c1-5-3-2-4-6-5;/h5H,2-4H2,1H3;. The number of rotatable bonds is 0. The molecule has 2 heteroatoms. The topological polar surface area (TPSA) is 9.23 Å².